The summed E-state index contributed by atoms with van der Waals surface area (Å²) in [5.41, 5.74) is -1.09. The lowest BCUT2D eigenvalue weighted by molar-refractivity contribution is -0.153. The summed E-state index contributed by atoms with van der Waals surface area (Å²) in [6.45, 7) is 5.06. The first-order chi connectivity index (χ1) is 21.2. The quantitative estimate of drug-likeness (QED) is 0.0846. The van der Waals surface area contributed by atoms with Crippen LogP contribution in [0.4, 0.5) is 0 Å². The molecule has 0 aromatic carbocycles. The number of carbonyl (C=O) groups is 4. The molecule has 1 heterocycles. The Morgan fingerprint density at radius 3 is 2.02 bits per heavy atom. The van der Waals surface area contributed by atoms with Crippen molar-refractivity contribution in [1.29, 1.82) is 0 Å². The number of rotatable bonds is 22. The minimum atomic E-state index is -1.35. The lowest BCUT2D eigenvalue weighted by Gasteiger charge is -2.32. The maximum Gasteiger partial charge on any atom is 0.357 e. The van der Waals surface area contributed by atoms with E-state index in [1.165, 1.54) is 12.3 Å². The van der Waals surface area contributed by atoms with Crippen molar-refractivity contribution in [3.05, 3.63) is 90.9 Å². The van der Waals surface area contributed by atoms with Crippen LogP contribution >= 0.6 is 0 Å². The highest BCUT2D eigenvalue weighted by Gasteiger charge is 2.40. The standard InChI is InChI=1S/C35H48N2O7/c1-4-5-6-7-8-9-10-11-12-13-14-15-16-17-18-19-20-24-31(40)43-28-35(2,3)32(33(41)37-27-25-30(38)39)44-34(42)29-23-21-22-26-36-29/h5-6,8-9,11-12,14-15,17-18,21-23,26,32H,4,7,10,13,16,19-20,24-25,27-28H2,1-3H3,(H,37,41)(H,38,39). The van der Waals surface area contributed by atoms with Crippen LogP contribution in [-0.2, 0) is 23.9 Å². The van der Waals surface area contributed by atoms with E-state index in [4.69, 9.17) is 14.6 Å². The van der Waals surface area contributed by atoms with Gasteiger partial charge in [-0.2, -0.15) is 0 Å². The van der Waals surface area contributed by atoms with Gasteiger partial charge in [0.2, 0.25) is 0 Å². The van der Waals surface area contributed by atoms with Crippen LogP contribution in [0.2, 0.25) is 0 Å². The summed E-state index contributed by atoms with van der Waals surface area (Å²) < 4.78 is 10.9. The Bertz CT molecular complexity index is 1150. The lowest BCUT2D eigenvalue weighted by Crippen LogP contribution is -2.49. The van der Waals surface area contributed by atoms with Crippen LogP contribution in [0.25, 0.3) is 0 Å². The maximum absolute atomic E-state index is 12.9. The molecule has 1 unspecified atom stereocenters. The summed E-state index contributed by atoms with van der Waals surface area (Å²) in [5.74, 6) is -3.01. The number of amides is 1. The van der Waals surface area contributed by atoms with Gasteiger partial charge in [-0.15, -0.1) is 0 Å². The molecular formula is C35H48N2O7. The topological polar surface area (TPSA) is 132 Å². The third-order valence-corrected chi connectivity index (χ3v) is 6.20. The van der Waals surface area contributed by atoms with E-state index in [0.29, 0.717) is 6.42 Å². The summed E-state index contributed by atoms with van der Waals surface area (Å²) in [6.07, 6.45) is 27.4. The minimum Gasteiger partial charge on any atom is -0.481 e. The molecule has 0 aliphatic rings. The first-order valence-corrected chi connectivity index (χ1v) is 15.2. The molecule has 9 nitrogen and oxygen atoms in total. The number of pyridine rings is 1. The summed E-state index contributed by atoms with van der Waals surface area (Å²) in [6, 6.07) is 4.70. The van der Waals surface area contributed by atoms with E-state index in [1.807, 2.05) is 6.08 Å². The van der Waals surface area contributed by atoms with Crippen LogP contribution in [0.3, 0.4) is 0 Å². The fraction of sp³-hybridized carbons (Fsp3) is 0.457. The van der Waals surface area contributed by atoms with Crippen molar-refractivity contribution < 1.29 is 33.8 Å². The predicted molar refractivity (Wildman–Crippen MR) is 172 cm³/mol. The molecule has 0 saturated carbocycles. The second-order valence-electron chi connectivity index (χ2n) is 10.7. The number of unbranched alkanes of at least 4 members (excludes halogenated alkanes) is 1. The first kappa shape index (κ1) is 37.8. The Morgan fingerprint density at radius 2 is 1.48 bits per heavy atom. The molecule has 240 valence electrons. The van der Waals surface area contributed by atoms with Gasteiger partial charge in [0.1, 0.15) is 12.3 Å². The molecule has 1 rings (SSSR count). The van der Waals surface area contributed by atoms with Crippen LogP contribution in [-0.4, -0.2) is 53.2 Å². The third kappa shape index (κ3) is 18.3. The largest absolute Gasteiger partial charge is 0.481 e. The van der Waals surface area contributed by atoms with E-state index in [0.717, 1.165) is 38.5 Å². The van der Waals surface area contributed by atoms with Gasteiger partial charge in [0.15, 0.2) is 6.10 Å². The van der Waals surface area contributed by atoms with Crippen molar-refractivity contribution in [3.8, 4) is 0 Å². The van der Waals surface area contributed by atoms with Crippen LogP contribution in [0, 0.1) is 5.41 Å². The molecule has 44 heavy (non-hydrogen) atoms. The van der Waals surface area contributed by atoms with E-state index >= 15 is 0 Å². The maximum atomic E-state index is 12.9. The number of carboxylic acids is 1. The molecular weight excluding hydrogens is 560 g/mol. The number of hydrogen-bond acceptors (Lipinski definition) is 7. The van der Waals surface area contributed by atoms with Crippen LogP contribution in [0.5, 0.6) is 0 Å². The Hall–Kier alpha value is -4.27. The van der Waals surface area contributed by atoms with Gasteiger partial charge in [-0.3, -0.25) is 14.4 Å². The van der Waals surface area contributed by atoms with Crippen molar-refractivity contribution in [2.45, 2.75) is 84.7 Å². The van der Waals surface area contributed by atoms with Gasteiger partial charge >= 0.3 is 17.9 Å². The minimum absolute atomic E-state index is 0.0127. The van der Waals surface area contributed by atoms with E-state index in [-0.39, 0.29) is 31.7 Å². The van der Waals surface area contributed by atoms with Crippen molar-refractivity contribution in [2.24, 2.45) is 5.41 Å². The Balaban J connectivity index is 2.43. The zero-order chi connectivity index (χ0) is 32.5. The van der Waals surface area contributed by atoms with Gasteiger partial charge in [-0.25, -0.2) is 9.78 Å². The Kier molecular flexibility index (Phi) is 19.9. The predicted octanol–water partition coefficient (Wildman–Crippen LogP) is 6.69. The van der Waals surface area contributed by atoms with Crippen molar-refractivity contribution in [3.63, 3.8) is 0 Å². The zero-order valence-corrected chi connectivity index (χ0v) is 26.3. The van der Waals surface area contributed by atoms with Crippen LogP contribution in [0.1, 0.15) is 89.0 Å². The van der Waals surface area contributed by atoms with Crippen LogP contribution < -0.4 is 5.32 Å². The highest BCUT2D eigenvalue weighted by Crippen LogP contribution is 2.26. The average Bonchev–Trinajstić information content (AvgIpc) is 3.00. The molecule has 1 aromatic rings. The molecule has 1 atom stereocenters. The number of allylic oxidation sites excluding steroid dienone is 10. The van der Waals surface area contributed by atoms with Crippen LogP contribution in [0.15, 0.2) is 85.2 Å². The van der Waals surface area contributed by atoms with Gasteiger partial charge in [-0.1, -0.05) is 87.6 Å². The van der Waals surface area contributed by atoms with E-state index < -0.39 is 35.3 Å². The van der Waals surface area contributed by atoms with Crippen molar-refractivity contribution in [1.82, 2.24) is 10.3 Å². The number of aliphatic carboxylic acids is 1. The molecule has 0 saturated heterocycles. The monoisotopic (exact) mass is 608 g/mol. The SMILES string of the molecule is CCC=CCC=CCC=CCC=CCC=CCCCC(=O)OCC(C)(C)C(OC(=O)c1ccccn1)C(=O)NCCC(=O)O. The lowest BCUT2D eigenvalue weighted by atomic mass is 9.86. The number of esters is 2. The molecule has 2 N–H and O–H groups in total. The molecule has 0 aliphatic heterocycles. The van der Waals surface area contributed by atoms with Gasteiger partial charge in [-0.05, 0) is 57.1 Å². The molecule has 0 bridgehead atoms. The van der Waals surface area contributed by atoms with Crippen molar-refractivity contribution in [2.75, 3.05) is 13.2 Å². The molecule has 0 fully saturated rings. The zero-order valence-electron chi connectivity index (χ0n) is 26.3. The number of aromatic nitrogens is 1. The smallest absolute Gasteiger partial charge is 0.357 e. The highest BCUT2D eigenvalue weighted by molar-refractivity contribution is 5.91. The molecule has 0 aliphatic carbocycles. The Labute approximate surface area is 261 Å². The molecule has 0 radical (unpaired) electrons. The first-order valence-electron chi connectivity index (χ1n) is 15.2. The number of ether oxygens (including phenoxy) is 2. The second-order valence-corrected chi connectivity index (χ2v) is 10.7. The summed E-state index contributed by atoms with van der Waals surface area (Å²) in [4.78, 5) is 52.6. The normalized spacial score (nSPS) is 12.9. The summed E-state index contributed by atoms with van der Waals surface area (Å²) in [5, 5.41) is 11.3. The fourth-order valence-corrected chi connectivity index (χ4v) is 3.75. The molecule has 1 aromatic heterocycles. The second kappa shape index (κ2) is 23.2. The average molecular weight is 609 g/mol. The number of nitrogens with one attached hydrogen (secondary N) is 1. The number of carboxylic acid groups (broad SMARTS) is 1. The Morgan fingerprint density at radius 1 is 0.886 bits per heavy atom. The molecule has 1 amide bonds. The molecule has 0 spiro atoms. The highest BCUT2D eigenvalue weighted by atomic mass is 16.6. The number of hydrogen-bond donors (Lipinski definition) is 2. The van der Waals surface area contributed by atoms with Gasteiger partial charge in [0.05, 0.1) is 6.42 Å². The van der Waals surface area contributed by atoms with Gasteiger partial charge < -0.3 is 19.9 Å². The molecule has 9 heteroatoms. The van der Waals surface area contributed by atoms with Gasteiger partial charge in [0, 0.05) is 24.6 Å². The van der Waals surface area contributed by atoms with E-state index in [2.05, 4.69) is 71.9 Å². The fourth-order valence-electron chi connectivity index (χ4n) is 3.75. The summed E-state index contributed by atoms with van der Waals surface area (Å²) in [7, 11) is 0. The number of nitrogens with zero attached hydrogens (tertiary/aromatic N) is 1. The summed E-state index contributed by atoms with van der Waals surface area (Å²) >= 11 is 0. The van der Waals surface area contributed by atoms with Crippen molar-refractivity contribution >= 4 is 23.8 Å². The number of carbonyl (C=O) groups excluding carboxylic acids is 3. The third-order valence-electron chi connectivity index (χ3n) is 6.20. The van der Waals surface area contributed by atoms with E-state index in [9.17, 15) is 19.2 Å². The van der Waals surface area contributed by atoms with E-state index in [1.54, 1.807) is 26.0 Å². The van der Waals surface area contributed by atoms with Gasteiger partial charge in [0.25, 0.3) is 5.91 Å².